The van der Waals surface area contributed by atoms with E-state index in [2.05, 4.69) is 0 Å². The first-order chi connectivity index (χ1) is 14.4. The molecule has 0 radical (unpaired) electrons. The molecular weight excluding hydrogens is 393 g/mol. The van der Waals surface area contributed by atoms with Gasteiger partial charge in [-0.2, -0.15) is 0 Å². The number of para-hydroxylation sites is 1. The van der Waals surface area contributed by atoms with Crippen LogP contribution in [0.3, 0.4) is 0 Å². The number of aromatic hydroxyl groups is 1. The minimum Gasteiger partial charge on any atom is -0.507 e. The van der Waals surface area contributed by atoms with Gasteiger partial charge in [-0.1, -0.05) is 12.1 Å². The third kappa shape index (κ3) is 3.48. The van der Waals surface area contributed by atoms with Gasteiger partial charge in [0.2, 0.25) is 5.91 Å². The smallest absolute Gasteiger partial charge is 0.339 e. The first-order valence-electron chi connectivity index (χ1n) is 9.53. The lowest BCUT2D eigenvalue weighted by molar-refractivity contribution is -0.123. The largest absolute Gasteiger partial charge is 0.507 e. The zero-order valence-electron chi connectivity index (χ0n) is 16.0. The number of halogens is 1. The highest BCUT2D eigenvalue weighted by atomic mass is 19.1. The second-order valence-corrected chi connectivity index (χ2v) is 7.27. The molecule has 2 aliphatic rings. The highest BCUT2D eigenvalue weighted by Gasteiger charge is 2.43. The number of carbonyl (C=O) groups excluding carboxylic acids is 2. The molecule has 4 rings (SSSR count). The predicted molar refractivity (Wildman–Crippen MR) is 106 cm³/mol. The van der Waals surface area contributed by atoms with E-state index in [9.17, 15) is 29.0 Å². The monoisotopic (exact) mass is 413 g/mol. The summed E-state index contributed by atoms with van der Waals surface area (Å²) in [6.45, 7) is 2.01. The molecule has 2 aromatic rings. The molecule has 2 amide bonds. The van der Waals surface area contributed by atoms with E-state index in [1.165, 1.54) is 12.1 Å². The molecule has 2 N–H and O–H groups in total. The zero-order chi connectivity index (χ0) is 21.4. The molecule has 2 aliphatic heterocycles. The maximum Gasteiger partial charge on any atom is 0.339 e. The number of hydrogen-bond donors (Lipinski definition) is 2. The van der Waals surface area contributed by atoms with Gasteiger partial charge in [0.25, 0.3) is 5.91 Å². The number of benzene rings is 2. The summed E-state index contributed by atoms with van der Waals surface area (Å²) in [5.74, 6) is -2.95. The Labute approximate surface area is 171 Å². The summed E-state index contributed by atoms with van der Waals surface area (Å²) in [7, 11) is 0. The molecule has 8 nitrogen and oxygen atoms in total. The van der Waals surface area contributed by atoms with Crippen LogP contribution in [0.25, 0.3) is 0 Å². The maximum atomic E-state index is 14.0. The van der Waals surface area contributed by atoms with Crippen LogP contribution in [0.5, 0.6) is 5.75 Å². The highest BCUT2D eigenvalue weighted by Crippen LogP contribution is 2.30. The van der Waals surface area contributed by atoms with Crippen LogP contribution in [0.1, 0.15) is 16.8 Å². The summed E-state index contributed by atoms with van der Waals surface area (Å²) in [6, 6.07) is 9.48. The molecule has 9 heteroatoms. The van der Waals surface area contributed by atoms with E-state index in [1.54, 1.807) is 18.2 Å². The number of rotatable bonds is 4. The van der Waals surface area contributed by atoms with Crippen molar-refractivity contribution < 1.29 is 29.0 Å². The average molecular weight is 413 g/mol. The summed E-state index contributed by atoms with van der Waals surface area (Å²) in [6.07, 6.45) is -0.0121. The van der Waals surface area contributed by atoms with Gasteiger partial charge in [-0.25, -0.2) is 14.1 Å². The molecule has 0 aliphatic carbocycles. The maximum absolute atomic E-state index is 14.0. The number of imide groups is 1. The van der Waals surface area contributed by atoms with Crippen molar-refractivity contribution in [3.63, 3.8) is 0 Å². The number of carboxylic acid groups (broad SMARTS) is 1. The van der Waals surface area contributed by atoms with Gasteiger partial charge in [-0.3, -0.25) is 14.5 Å². The molecule has 156 valence electrons. The lowest BCUT2D eigenvalue weighted by Crippen LogP contribution is -2.52. The quantitative estimate of drug-likeness (QED) is 0.736. The first kappa shape index (κ1) is 19.8. The number of carbonyl (C=O) groups is 3. The summed E-state index contributed by atoms with van der Waals surface area (Å²) < 4.78 is 14.0. The number of piperazine rings is 1. The van der Waals surface area contributed by atoms with Crippen LogP contribution >= 0.6 is 0 Å². The van der Waals surface area contributed by atoms with Gasteiger partial charge in [0.1, 0.15) is 17.1 Å². The average Bonchev–Trinajstić information content (AvgIpc) is 3.03. The highest BCUT2D eigenvalue weighted by molar-refractivity contribution is 6.22. The van der Waals surface area contributed by atoms with E-state index in [1.807, 2.05) is 9.80 Å². The zero-order valence-corrected chi connectivity index (χ0v) is 16.0. The Morgan fingerprint density at radius 2 is 1.73 bits per heavy atom. The van der Waals surface area contributed by atoms with Gasteiger partial charge < -0.3 is 15.1 Å². The number of phenols is 1. The number of carboxylic acids is 1. The Balaban J connectivity index is 1.48. The number of aromatic carboxylic acids is 1. The van der Waals surface area contributed by atoms with Gasteiger partial charge in [0.15, 0.2) is 0 Å². The Bertz CT molecular complexity index is 1020. The molecule has 0 spiro atoms. The minimum atomic E-state index is -1.35. The first-order valence-corrected chi connectivity index (χ1v) is 9.53. The van der Waals surface area contributed by atoms with Crippen LogP contribution in [0.2, 0.25) is 0 Å². The fraction of sp³-hybridized carbons (Fsp3) is 0.286. The SMILES string of the molecule is O=C(O)c1cc(N2C(=O)C[C@H](N3CCN(c4ccccc4F)CC3)C2=O)ccc1O. The molecule has 0 aromatic heterocycles. The van der Waals surface area contributed by atoms with Crippen LogP contribution in [-0.4, -0.2) is 65.1 Å². The van der Waals surface area contributed by atoms with Crippen molar-refractivity contribution in [3.8, 4) is 5.75 Å². The molecule has 0 saturated carbocycles. The van der Waals surface area contributed by atoms with Gasteiger partial charge in [-0.05, 0) is 30.3 Å². The van der Waals surface area contributed by atoms with Crippen molar-refractivity contribution in [3.05, 3.63) is 53.8 Å². The van der Waals surface area contributed by atoms with E-state index < -0.39 is 29.6 Å². The molecule has 2 heterocycles. The molecule has 0 bridgehead atoms. The molecule has 2 saturated heterocycles. The van der Waals surface area contributed by atoms with Gasteiger partial charge >= 0.3 is 5.97 Å². The third-order valence-electron chi connectivity index (χ3n) is 5.54. The lowest BCUT2D eigenvalue weighted by Gasteiger charge is -2.38. The Morgan fingerprint density at radius 3 is 2.40 bits per heavy atom. The van der Waals surface area contributed by atoms with Gasteiger partial charge in [-0.15, -0.1) is 0 Å². The Kier molecular flexibility index (Phi) is 5.13. The van der Waals surface area contributed by atoms with E-state index in [0.29, 0.717) is 31.9 Å². The Hall–Kier alpha value is -3.46. The van der Waals surface area contributed by atoms with Crippen LogP contribution in [-0.2, 0) is 9.59 Å². The molecule has 2 aromatic carbocycles. The molecule has 30 heavy (non-hydrogen) atoms. The van der Waals surface area contributed by atoms with Crippen molar-refractivity contribution in [2.75, 3.05) is 36.0 Å². The van der Waals surface area contributed by atoms with Crippen LogP contribution in [0, 0.1) is 5.82 Å². The van der Waals surface area contributed by atoms with Crippen molar-refractivity contribution in [2.45, 2.75) is 12.5 Å². The van der Waals surface area contributed by atoms with E-state index >= 15 is 0 Å². The topological polar surface area (TPSA) is 101 Å². The third-order valence-corrected chi connectivity index (χ3v) is 5.54. The normalized spacial score (nSPS) is 20.1. The van der Waals surface area contributed by atoms with E-state index in [4.69, 9.17) is 0 Å². The number of hydrogen-bond acceptors (Lipinski definition) is 6. The van der Waals surface area contributed by atoms with Crippen LogP contribution < -0.4 is 9.80 Å². The van der Waals surface area contributed by atoms with Crippen molar-refractivity contribution in [2.24, 2.45) is 0 Å². The second kappa shape index (κ2) is 7.75. The fourth-order valence-corrected chi connectivity index (χ4v) is 3.99. The van der Waals surface area contributed by atoms with Crippen molar-refractivity contribution in [1.29, 1.82) is 0 Å². The summed E-state index contributed by atoms with van der Waals surface area (Å²) in [4.78, 5) is 41.5. The number of nitrogens with zero attached hydrogens (tertiary/aromatic N) is 3. The number of anilines is 2. The van der Waals surface area contributed by atoms with E-state index in [-0.39, 0.29) is 23.5 Å². The lowest BCUT2D eigenvalue weighted by atomic mass is 10.1. The molecule has 1 atom stereocenters. The Morgan fingerprint density at radius 1 is 1.03 bits per heavy atom. The summed E-state index contributed by atoms with van der Waals surface area (Å²) in [5, 5.41) is 18.8. The predicted octanol–water partition coefficient (Wildman–Crippen LogP) is 1.68. The second-order valence-electron chi connectivity index (χ2n) is 7.27. The van der Waals surface area contributed by atoms with Gasteiger partial charge in [0, 0.05) is 26.2 Å². The van der Waals surface area contributed by atoms with Crippen LogP contribution in [0.15, 0.2) is 42.5 Å². The van der Waals surface area contributed by atoms with Crippen molar-refractivity contribution >= 4 is 29.2 Å². The standard InChI is InChI=1S/C21H20FN3O5/c22-15-3-1-2-4-16(15)23-7-9-24(10-8-23)17-12-19(27)25(20(17)28)13-5-6-18(26)14(11-13)21(29)30/h1-6,11,17,26H,7-10,12H2,(H,29,30)/t17-/m0/s1. The molecule has 0 unspecified atom stereocenters. The van der Waals surface area contributed by atoms with E-state index in [0.717, 1.165) is 17.0 Å². The fourth-order valence-electron chi connectivity index (χ4n) is 3.99. The molecular formula is C21H20FN3O5. The van der Waals surface area contributed by atoms with Crippen LogP contribution in [0.4, 0.5) is 15.8 Å². The van der Waals surface area contributed by atoms with Gasteiger partial charge in [0.05, 0.1) is 23.8 Å². The molecule has 2 fully saturated rings. The minimum absolute atomic E-state index is 0.0121. The summed E-state index contributed by atoms with van der Waals surface area (Å²) in [5.41, 5.74) is 0.251. The van der Waals surface area contributed by atoms with Crippen molar-refractivity contribution in [1.82, 2.24) is 4.90 Å². The summed E-state index contributed by atoms with van der Waals surface area (Å²) >= 11 is 0. The number of amides is 2.